The number of ether oxygens (including phenoxy) is 1. The molecule has 1 N–H and O–H groups in total. The van der Waals surface area contributed by atoms with Crippen LogP contribution in [0, 0.1) is 0 Å². The van der Waals surface area contributed by atoms with Gasteiger partial charge in [-0.3, -0.25) is 4.79 Å². The largest absolute Gasteiger partial charge is 0.444 e. The van der Waals surface area contributed by atoms with Crippen molar-refractivity contribution in [2.45, 2.75) is 58.6 Å². The van der Waals surface area contributed by atoms with Crippen LogP contribution in [0.3, 0.4) is 0 Å². The molecule has 0 saturated heterocycles. The number of alkyl carbamates (subject to hydrolysis) is 1. The average molecular weight is 332 g/mol. The van der Waals surface area contributed by atoms with Crippen molar-refractivity contribution >= 4 is 12.0 Å². The van der Waals surface area contributed by atoms with E-state index in [-0.39, 0.29) is 5.91 Å². The minimum absolute atomic E-state index is 0.196. The van der Waals surface area contributed by atoms with Crippen molar-refractivity contribution in [3.8, 4) is 0 Å². The molecule has 1 aliphatic heterocycles. The van der Waals surface area contributed by atoms with Gasteiger partial charge in [-0.2, -0.15) is 0 Å². The molecule has 0 atom stereocenters. The van der Waals surface area contributed by atoms with Crippen molar-refractivity contribution in [2.24, 2.45) is 0 Å². The third-order valence-electron chi connectivity index (χ3n) is 3.97. The van der Waals surface area contributed by atoms with E-state index in [4.69, 9.17) is 4.74 Å². The zero-order valence-corrected chi connectivity index (χ0v) is 14.9. The lowest BCUT2D eigenvalue weighted by Crippen LogP contribution is -2.36. The Morgan fingerprint density at radius 2 is 1.88 bits per heavy atom. The number of hydrogen-bond acceptors (Lipinski definition) is 3. The van der Waals surface area contributed by atoms with Crippen LogP contribution in [-0.2, 0) is 22.5 Å². The molecule has 1 heterocycles. The Kier molecular flexibility index (Phi) is 6.23. The highest BCUT2D eigenvalue weighted by Gasteiger charge is 2.20. The van der Waals surface area contributed by atoms with Crippen LogP contribution in [0.25, 0.3) is 0 Å². The molecule has 5 heteroatoms. The van der Waals surface area contributed by atoms with E-state index in [0.29, 0.717) is 19.5 Å². The molecule has 0 bridgehead atoms. The molecule has 0 radical (unpaired) electrons. The van der Waals surface area contributed by atoms with Gasteiger partial charge in [0.2, 0.25) is 5.91 Å². The molecule has 1 aromatic carbocycles. The second-order valence-corrected chi connectivity index (χ2v) is 7.22. The number of amides is 2. The number of unbranched alkanes of at least 4 members (excludes halogenated alkanes) is 1. The summed E-state index contributed by atoms with van der Waals surface area (Å²) < 4.78 is 5.17. The normalized spacial score (nSPS) is 14.0. The molecule has 0 aromatic heterocycles. The summed E-state index contributed by atoms with van der Waals surface area (Å²) >= 11 is 0. The third-order valence-corrected chi connectivity index (χ3v) is 3.97. The van der Waals surface area contributed by atoms with Crippen LogP contribution in [0.2, 0.25) is 0 Å². The van der Waals surface area contributed by atoms with Gasteiger partial charge in [0.25, 0.3) is 0 Å². The first-order valence-electron chi connectivity index (χ1n) is 8.66. The fourth-order valence-corrected chi connectivity index (χ4v) is 2.77. The van der Waals surface area contributed by atoms with E-state index in [1.807, 2.05) is 37.8 Å². The van der Waals surface area contributed by atoms with Gasteiger partial charge in [-0.05, 0) is 51.2 Å². The first-order chi connectivity index (χ1) is 11.3. The van der Waals surface area contributed by atoms with Crippen molar-refractivity contribution < 1.29 is 14.3 Å². The summed E-state index contributed by atoms with van der Waals surface area (Å²) in [5.74, 6) is 0.196. The van der Waals surface area contributed by atoms with Gasteiger partial charge in [0.05, 0.1) is 0 Å². The molecule has 0 saturated carbocycles. The fourth-order valence-electron chi connectivity index (χ4n) is 2.77. The van der Waals surface area contributed by atoms with Crippen LogP contribution in [-0.4, -0.2) is 35.6 Å². The molecule has 0 aliphatic carbocycles. The molecule has 0 fully saturated rings. The lowest BCUT2D eigenvalue weighted by molar-refractivity contribution is -0.132. The van der Waals surface area contributed by atoms with Crippen molar-refractivity contribution in [1.82, 2.24) is 10.2 Å². The Morgan fingerprint density at radius 3 is 2.58 bits per heavy atom. The maximum Gasteiger partial charge on any atom is 0.407 e. The topological polar surface area (TPSA) is 58.6 Å². The van der Waals surface area contributed by atoms with E-state index < -0.39 is 11.7 Å². The smallest absolute Gasteiger partial charge is 0.407 e. The van der Waals surface area contributed by atoms with Crippen LogP contribution < -0.4 is 5.32 Å². The Balaban J connectivity index is 1.63. The van der Waals surface area contributed by atoms with E-state index in [0.717, 1.165) is 25.8 Å². The van der Waals surface area contributed by atoms with Gasteiger partial charge in [0.1, 0.15) is 5.60 Å². The lowest BCUT2D eigenvalue weighted by atomic mass is 9.99. The van der Waals surface area contributed by atoms with E-state index in [1.54, 1.807) is 0 Å². The van der Waals surface area contributed by atoms with Crippen LogP contribution in [0.4, 0.5) is 4.79 Å². The Morgan fingerprint density at radius 1 is 1.17 bits per heavy atom. The lowest BCUT2D eigenvalue weighted by Gasteiger charge is -2.29. The molecule has 2 amide bonds. The Hall–Kier alpha value is -2.04. The molecule has 1 aromatic rings. The van der Waals surface area contributed by atoms with Gasteiger partial charge < -0.3 is 15.0 Å². The highest BCUT2D eigenvalue weighted by molar-refractivity contribution is 5.76. The molecule has 24 heavy (non-hydrogen) atoms. The van der Waals surface area contributed by atoms with Gasteiger partial charge in [-0.1, -0.05) is 24.3 Å². The number of fused-ring (bicyclic) bond motifs is 1. The summed E-state index contributed by atoms with van der Waals surface area (Å²) in [7, 11) is 0. The summed E-state index contributed by atoms with van der Waals surface area (Å²) in [5.41, 5.74) is 2.12. The van der Waals surface area contributed by atoms with Gasteiger partial charge in [0.15, 0.2) is 0 Å². The quantitative estimate of drug-likeness (QED) is 0.842. The van der Waals surface area contributed by atoms with Gasteiger partial charge in [-0.15, -0.1) is 0 Å². The highest BCUT2D eigenvalue weighted by Crippen LogP contribution is 2.19. The molecule has 132 valence electrons. The summed E-state index contributed by atoms with van der Waals surface area (Å²) in [6.45, 7) is 7.55. The average Bonchev–Trinajstić information content (AvgIpc) is 2.52. The van der Waals surface area contributed by atoms with E-state index in [1.165, 1.54) is 11.1 Å². The van der Waals surface area contributed by atoms with Crippen LogP contribution in [0.15, 0.2) is 24.3 Å². The third kappa shape index (κ3) is 5.87. The Bertz CT molecular complexity index is 578. The van der Waals surface area contributed by atoms with Crippen molar-refractivity contribution in [2.75, 3.05) is 13.1 Å². The second kappa shape index (κ2) is 8.18. The maximum atomic E-state index is 12.3. The number of nitrogens with one attached hydrogen (secondary N) is 1. The maximum absolute atomic E-state index is 12.3. The number of rotatable bonds is 5. The zero-order chi connectivity index (χ0) is 17.6. The standard InChI is InChI=1S/C19H28N2O3/c1-19(2,3)24-18(23)20-12-7-6-10-17(22)21-13-11-15-8-4-5-9-16(15)14-21/h4-5,8-9H,6-7,10-14H2,1-3H3,(H,20,23). The molecule has 5 nitrogen and oxygen atoms in total. The van der Waals surface area contributed by atoms with Gasteiger partial charge in [0, 0.05) is 26.1 Å². The van der Waals surface area contributed by atoms with Crippen LogP contribution >= 0.6 is 0 Å². The first-order valence-corrected chi connectivity index (χ1v) is 8.66. The van der Waals surface area contributed by atoms with Crippen molar-refractivity contribution in [3.05, 3.63) is 35.4 Å². The summed E-state index contributed by atoms with van der Waals surface area (Å²) in [4.78, 5) is 25.8. The molecule has 1 aliphatic rings. The number of carbonyl (C=O) groups is 2. The fraction of sp³-hybridized carbons (Fsp3) is 0.579. The minimum atomic E-state index is -0.482. The minimum Gasteiger partial charge on any atom is -0.444 e. The molecule has 2 rings (SSSR count). The zero-order valence-electron chi connectivity index (χ0n) is 14.9. The number of carbonyl (C=O) groups excluding carboxylic acids is 2. The van der Waals surface area contributed by atoms with Crippen LogP contribution in [0.5, 0.6) is 0 Å². The summed E-state index contributed by atoms with van der Waals surface area (Å²) in [5, 5.41) is 2.72. The Labute approximate surface area is 144 Å². The predicted molar refractivity (Wildman–Crippen MR) is 93.7 cm³/mol. The number of nitrogens with zero attached hydrogens (tertiary/aromatic N) is 1. The van der Waals surface area contributed by atoms with Crippen LogP contribution in [0.1, 0.15) is 51.2 Å². The summed E-state index contributed by atoms with van der Waals surface area (Å²) in [6.07, 6.45) is 2.60. The number of hydrogen-bond donors (Lipinski definition) is 1. The molecular weight excluding hydrogens is 304 g/mol. The van der Waals surface area contributed by atoms with E-state index >= 15 is 0 Å². The predicted octanol–water partition coefficient (Wildman–Crippen LogP) is 3.27. The van der Waals surface area contributed by atoms with Crippen molar-refractivity contribution in [1.29, 1.82) is 0 Å². The molecular formula is C19H28N2O3. The molecule has 0 spiro atoms. The van der Waals surface area contributed by atoms with Crippen molar-refractivity contribution in [3.63, 3.8) is 0 Å². The molecule has 0 unspecified atom stereocenters. The van der Waals surface area contributed by atoms with Gasteiger partial charge >= 0.3 is 6.09 Å². The summed E-state index contributed by atoms with van der Waals surface area (Å²) in [6, 6.07) is 8.31. The van der Waals surface area contributed by atoms with E-state index in [9.17, 15) is 9.59 Å². The monoisotopic (exact) mass is 332 g/mol. The second-order valence-electron chi connectivity index (χ2n) is 7.22. The number of benzene rings is 1. The first kappa shape index (κ1) is 18.3. The van der Waals surface area contributed by atoms with Gasteiger partial charge in [-0.25, -0.2) is 4.79 Å². The SMILES string of the molecule is CC(C)(C)OC(=O)NCCCCC(=O)N1CCc2ccccc2C1. The van der Waals surface area contributed by atoms with E-state index in [2.05, 4.69) is 17.4 Å². The highest BCUT2D eigenvalue weighted by atomic mass is 16.6.